The van der Waals surface area contributed by atoms with Crippen molar-refractivity contribution >= 4 is 11.9 Å². The van der Waals surface area contributed by atoms with E-state index in [0.29, 0.717) is 12.8 Å². The number of carboxylic acids is 1. The van der Waals surface area contributed by atoms with E-state index in [1.54, 1.807) is 0 Å². The van der Waals surface area contributed by atoms with Crippen LogP contribution in [-0.4, -0.2) is 23.1 Å². The quantitative estimate of drug-likeness (QED) is 0.206. The molecular formula is C23H40O4. The number of allylic oxidation sites excluding steroid dienone is 2. The van der Waals surface area contributed by atoms with Gasteiger partial charge >= 0.3 is 11.9 Å². The van der Waals surface area contributed by atoms with Crippen LogP contribution in [0.4, 0.5) is 0 Å². The normalized spacial score (nSPS) is 20.4. The number of carboxylic acid groups (broad SMARTS) is 1. The summed E-state index contributed by atoms with van der Waals surface area (Å²) in [7, 11) is 0. The molecule has 1 aliphatic rings. The van der Waals surface area contributed by atoms with Gasteiger partial charge in [-0.05, 0) is 32.1 Å². The van der Waals surface area contributed by atoms with Crippen LogP contribution >= 0.6 is 0 Å². The molecule has 0 saturated carbocycles. The Labute approximate surface area is 165 Å². The Morgan fingerprint density at radius 1 is 0.852 bits per heavy atom. The van der Waals surface area contributed by atoms with Gasteiger partial charge in [0.15, 0.2) is 0 Å². The molecule has 156 valence electrons. The van der Waals surface area contributed by atoms with Crippen LogP contribution in [0.1, 0.15) is 104 Å². The van der Waals surface area contributed by atoms with Gasteiger partial charge in [0.25, 0.3) is 0 Å². The SMILES string of the molecule is CCCCCCCCCCC(CCCC)OC(=O)C1CC=CCC1C(=O)O. The van der Waals surface area contributed by atoms with Crippen molar-refractivity contribution in [3.05, 3.63) is 12.2 Å². The first-order valence-electron chi connectivity index (χ1n) is 11.2. The molecule has 0 saturated heterocycles. The second kappa shape index (κ2) is 14.7. The summed E-state index contributed by atoms with van der Waals surface area (Å²) in [6, 6.07) is 0. The van der Waals surface area contributed by atoms with Crippen LogP contribution in [0.5, 0.6) is 0 Å². The number of hydrogen-bond donors (Lipinski definition) is 1. The Kier molecular flexibility index (Phi) is 12.9. The number of unbranched alkanes of at least 4 members (excludes halogenated alkanes) is 8. The van der Waals surface area contributed by atoms with Crippen molar-refractivity contribution in [2.45, 2.75) is 110 Å². The zero-order valence-electron chi connectivity index (χ0n) is 17.5. The predicted molar refractivity (Wildman–Crippen MR) is 110 cm³/mol. The van der Waals surface area contributed by atoms with E-state index in [9.17, 15) is 14.7 Å². The van der Waals surface area contributed by atoms with Crippen LogP contribution in [0.15, 0.2) is 12.2 Å². The number of carbonyl (C=O) groups excluding carboxylic acids is 1. The Hall–Kier alpha value is -1.32. The number of esters is 1. The number of hydrogen-bond acceptors (Lipinski definition) is 3. The molecule has 0 aromatic rings. The molecule has 0 aromatic heterocycles. The van der Waals surface area contributed by atoms with Crippen molar-refractivity contribution in [3.8, 4) is 0 Å². The van der Waals surface area contributed by atoms with Gasteiger partial charge in [-0.2, -0.15) is 0 Å². The molecule has 0 amide bonds. The van der Waals surface area contributed by atoms with E-state index in [1.165, 1.54) is 44.9 Å². The zero-order chi connectivity index (χ0) is 19.9. The van der Waals surface area contributed by atoms with Crippen molar-refractivity contribution in [3.63, 3.8) is 0 Å². The summed E-state index contributed by atoms with van der Waals surface area (Å²) < 4.78 is 5.80. The third-order valence-electron chi connectivity index (χ3n) is 5.59. The van der Waals surface area contributed by atoms with Crippen molar-refractivity contribution in [2.24, 2.45) is 11.8 Å². The van der Waals surface area contributed by atoms with E-state index in [0.717, 1.165) is 32.1 Å². The lowest BCUT2D eigenvalue weighted by molar-refractivity contribution is -0.162. The minimum absolute atomic E-state index is 0.0575. The summed E-state index contributed by atoms with van der Waals surface area (Å²) in [4.78, 5) is 24.0. The Balaban J connectivity index is 2.38. The first kappa shape index (κ1) is 23.7. The van der Waals surface area contributed by atoms with Gasteiger partial charge in [0.05, 0.1) is 11.8 Å². The third kappa shape index (κ3) is 9.97. The molecule has 0 radical (unpaired) electrons. The van der Waals surface area contributed by atoms with Crippen LogP contribution in [-0.2, 0) is 14.3 Å². The zero-order valence-corrected chi connectivity index (χ0v) is 17.5. The highest BCUT2D eigenvalue weighted by atomic mass is 16.5. The van der Waals surface area contributed by atoms with E-state index in [1.807, 2.05) is 12.2 Å². The molecule has 3 unspecified atom stereocenters. The number of rotatable bonds is 15. The lowest BCUT2D eigenvalue weighted by Gasteiger charge is -2.26. The summed E-state index contributed by atoms with van der Waals surface area (Å²) in [5.41, 5.74) is 0. The third-order valence-corrected chi connectivity index (χ3v) is 5.59. The predicted octanol–water partition coefficient (Wildman–Crippen LogP) is 6.29. The second-order valence-corrected chi connectivity index (χ2v) is 7.96. The highest BCUT2D eigenvalue weighted by Crippen LogP contribution is 2.28. The molecule has 4 heteroatoms. The lowest BCUT2D eigenvalue weighted by Crippen LogP contribution is -2.34. The molecule has 3 atom stereocenters. The van der Waals surface area contributed by atoms with Gasteiger partial charge < -0.3 is 9.84 Å². The van der Waals surface area contributed by atoms with Crippen LogP contribution in [0.25, 0.3) is 0 Å². The van der Waals surface area contributed by atoms with Crippen molar-refractivity contribution in [1.29, 1.82) is 0 Å². The smallest absolute Gasteiger partial charge is 0.310 e. The average molecular weight is 381 g/mol. The van der Waals surface area contributed by atoms with Crippen molar-refractivity contribution in [1.82, 2.24) is 0 Å². The van der Waals surface area contributed by atoms with Gasteiger partial charge in [-0.25, -0.2) is 0 Å². The lowest BCUT2D eigenvalue weighted by atomic mass is 9.83. The summed E-state index contributed by atoms with van der Waals surface area (Å²) in [5, 5.41) is 9.37. The summed E-state index contributed by atoms with van der Waals surface area (Å²) in [5.74, 6) is -2.38. The van der Waals surface area contributed by atoms with E-state index < -0.39 is 17.8 Å². The molecule has 0 bridgehead atoms. The maximum atomic E-state index is 12.6. The molecule has 0 spiro atoms. The second-order valence-electron chi connectivity index (χ2n) is 7.96. The maximum Gasteiger partial charge on any atom is 0.310 e. The fourth-order valence-corrected chi connectivity index (χ4v) is 3.80. The highest BCUT2D eigenvalue weighted by Gasteiger charge is 2.36. The molecule has 1 rings (SSSR count). The fraction of sp³-hybridized carbons (Fsp3) is 0.826. The molecule has 0 heterocycles. The molecule has 0 aliphatic heterocycles. The summed E-state index contributed by atoms with van der Waals surface area (Å²) in [6.07, 6.45) is 18.6. The average Bonchev–Trinajstić information content (AvgIpc) is 2.67. The largest absolute Gasteiger partial charge is 0.481 e. The molecule has 4 nitrogen and oxygen atoms in total. The minimum Gasteiger partial charge on any atom is -0.481 e. The van der Waals surface area contributed by atoms with Crippen LogP contribution in [0.2, 0.25) is 0 Å². The minimum atomic E-state index is -0.894. The first-order valence-corrected chi connectivity index (χ1v) is 11.2. The molecule has 27 heavy (non-hydrogen) atoms. The number of aliphatic carboxylic acids is 1. The Morgan fingerprint density at radius 3 is 1.96 bits per heavy atom. The van der Waals surface area contributed by atoms with E-state index in [4.69, 9.17) is 4.74 Å². The van der Waals surface area contributed by atoms with Gasteiger partial charge in [0.2, 0.25) is 0 Å². The standard InChI is InChI=1S/C23H40O4/c1-3-5-7-8-9-10-11-12-16-19(15-6-4-2)27-23(26)21-18-14-13-17-20(21)22(24)25/h13-14,19-21H,3-12,15-18H2,1-2H3,(H,24,25). The highest BCUT2D eigenvalue weighted by molar-refractivity contribution is 5.81. The molecular weight excluding hydrogens is 340 g/mol. The summed E-state index contributed by atoms with van der Waals surface area (Å²) >= 11 is 0. The van der Waals surface area contributed by atoms with Crippen molar-refractivity contribution < 1.29 is 19.4 Å². The Morgan fingerprint density at radius 2 is 1.37 bits per heavy atom. The van der Waals surface area contributed by atoms with E-state index in [2.05, 4.69) is 13.8 Å². The van der Waals surface area contributed by atoms with Gasteiger partial charge in [0.1, 0.15) is 6.10 Å². The van der Waals surface area contributed by atoms with E-state index in [-0.39, 0.29) is 12.1 Å². The monoisotopic (exact) mass is 380 g/mol. The number of carbonyl (C=O) groups is 2. The van der Waals surface area contributed by atoms with Gasteiger partial charge in [-0.3, -0.25) is 9.59 Å². The molecule has 1 N–H and O–H groups in total. The molecule has 1 aliphatic carbocycles. The van der Waals surface area contributed by atoms with Gasteiger partial charge in [-0.15, -0.1) is 0 Å². The number of ether oxygens (including phenoxy) is 1. The first-order chi connectivity index (χ1) is 13.1. The molecule has 0 fully saturated rings. The van der Waals surface area contributed by atoms with Crippen LogP contribution in [0, 0.1) is 11.8 Å². The summed E-state index contributed by atoms with van der Waals surface area (Å²) in [6.45, 7) is 4.38. The Bertz CT molecular complexity index is 444. The maximum absolute atomic E-state index is 12.6. The van der Waals surface area contributed by atoms with Gasteiger partial charge in [0, 0.05) is 0 Å². The van der Waals surface area contributed by atoms with Crippen LogP contribution < -0.4 is 0 Å². The molecule has 0 aromatic carbocycles. The fourth-order valence-electron chi connectivity index (χ4n) is 3.80. The van der Waals surface area contributed by atoms with E-state index >= 15 is 0 Å². The van der Waals surface area contributed by atoms with Crippen LogP contribution in [0.3, 0.4) is 0 Å². The topological polar surface area (TPSA) is 63.6 Å². The van der Waals surface area contributed by atoms with Gasteiger partial charge in [-0.1, -0.05) is 83.8 Å². The van der Waals surface area contributed by atoms with Crippen molar-refractivity contribution in [2.75, 3.05) is 0 Å².